The molecule has 2 amide bonds. The zero-order chi connectivity index (χ0) is 20.5. The number of aromatic amines is 1. The molecule has 152 valence electrons. The van der Waals surface area contributed by atoms with Gasteiger partial charge >= 0.3 is 6.09 Å². The van der Waals surface area contributed by atoms with E-state index in [-0.39, 0.29) is 18.3 Å². The number of aromatic nitrogens is 1. The second-order valence-electron chi connectivity index (χ2n) is 6.47. The summed E-state index contributed by atoms with van der Waals surface area (Å²) in [6, 6.07) is 16.6. The minimum absolute atomic E-state index is 0.135. The van der Waals surface area contributed by atoms with Gasteiger partial charge in [-0.05, 0) is 23.6 Å². The van der Waals surface area contributed by atoms with Gasteiger partial charge in [0.1, 0.15) is 12.6 Å². The molecule has 4 N–H and O–H groups in total. The minimum atomic E-state index is -0.804. The fourth-order valence-electron chi connectivity index (χ4n) is 2.87. The number of nitrogens with one attached hydrogen (secondary N) is 4. The lowest BCUT2D eigenvalue weighted by molar-refractivity contribution is -0.123. The molecule has 0 spiro atoms. The Morgan fingerprint density at radius 1 is 1.07 bits per heavy atom. The quantitative estimate of drug-likeness (QED) is 0.212. The Morgan fingerprint density at radius 3 is 2.62 bits per heavy atom. The molecule has 0 radical (unpaired) electrons. The molecule has 3 rings (SSSR count). The maximum absolute atomic E-state index is 12.3. The number of amides is 2. The molecule has 1 atom stereocenters. The molecule has 1 heterocycles. The number of carbonyl (C=O) groups excluding carboxylic acids is 2. The van der Waals surface area contributed by atoms with Crippen molar-refractivity contribution < 1.29 is 14.3 Å². The molecule has 0 saturated heterocycles. The first-order valence-electron chi connectivity index (χ1n) is 9.33. The average Bonchev–Trinajstić information content (AvgIpc) is 3.17. The van der Waals surface area contributed by atoms with Crippen molar-refractivity contribution in [3.8, 4) is 0 Å². The number of fused-ring (bicyclic) bond motifs is 1. The fourth-order valence-corrected chi connectivity index (χ4v) is 3.13. The van der Waals surface area contributed by atoms with E-state index in [9.17, 15) is 9.59 Å². The summed E-state index contributed by atoms with van der Waals surface area (Å²) in [4.78, 5) is 27.4. The molecule has 0 saturated carbocycles. The van der Waals surface area contributed by atoms with Crippen molar-refractivity contribution in [3.63, 3.8) is 0 Å². The van der Waals surface area contributed by atoms with Crippen molar-refractivity contribution in [2.45, 2.75) is 19.1 Å². The van der Waals surface area contributed by atoms with Crippen LogP contribution in [0.3, 0.4) is 0 Å². The molecule has 2 aromatic carbocycles. The smallest absolute Gasteiger partial charge is 0.408 e. The van der Waals surface area contributed by atoms with Crippen molar-refractivity contribution in [2.75, 3.05) is 12.3 Å². The fraction of sp³-hybridized carbons (Fsp3) is 0.238. The van der Waals surface area contributed by atoms with E-state index in [1.807, 2.05) is 54.7 Å². The minimum Gasteiger partial charge on any atom is -0.445 e. The number of para-hydroxylation sites is 1. The summed E-state index contributed by atoms with van der Waals surface area (Å²) in [7, 11) is 0. The number of rotatable bonds is 9. The van der Waals surface area contributed by atoms with Crippen molar-refractivity contribution in [1.29, 1.82) is 0 Å². The molecule has 0 aliphatic carbocycles. The molecule has 0 fully saturated rings. The molecule has 1 aromatic heterocycles. The second-order valence-corrected chi connectivity index (χ2v) is 6.83. The molecule has 0 unspecified atom stereocenters. The highest BCUT2D eigenvalue weighted by Gasteiger charge is 2.19. The van der Waals surface area contributed by atoms with Crippen molar-refractivity contribution in [3.05, 3.63) is 71.9 Å². The number of carbonyl (C=O) groups is 2. The van der Waals surface area contributed by atoms with Crippen LogP contribution >= 0.6 is 12.6 Å². The van der Waals surface area contributed by atoms with E-state index in [4.69, 9.17) is 4.74 Å². The number of thiol groups is 1. The van der Waals surface area contributed by atoms with Gasteiger partial charge in [0.2, 0.25) is 0 Å². The third kappa shape index (κ3) is 6.00. The standard InChI is InChI=1S/C21H24N4O3S/c26-20(19(14-29)24-21(27)28-13-15-6-2-1-3-7-15)25-23-11-10-16-12-22-18-9-5-4-8-17(16)18/h1-9,12,19,22-23,29H,10-11,13-14H2,(H,24,27)(H,25,26)/t19-/m0/s1. The van der Waals surface area contributed by atoms with E-state index >= 15 is 0 Å². The first-order chi connectivity index (χ1) is 14.2. The Kier molecular flexibility index (Phi) is 7.54. The summed E-state index contributed by atoms with van der Waals surface area (Å²) in [5.41, 5.74) is 8.61. The monoisotopic (exact) mass is 412 g/mol. The van der Waals surface area contributed by atoms with Crippen molar-refractivity contribution in [2.24, 2.45) is 0 Å². The van der Waals surface area contributed by atoms with Crippen LogP contribution < -0.4 is 16.2 Å². The number of hydrogen-bond acceptors (Lipinski definition) is 5. The maximum atomic E-state index is 12.3. The van der Waals surface area contributed by atoms with E-state index in [1.165, 1.54) is 0 Å². The molecular formula is C21H24N4O3S. The number of H-pyrrole nitrogens is 1. The topological polar surface area (TPSA) is 95.3 Å². The lowest BCUT2D eigenvalue weighted by Crippen LogP contribution is -2.52. The van der Waals surface area contributed by atoms with Crippen LogP contribution in [0.5, 0.6) is 0 Å². The van der Waals surface area contributed by atoms with Crippen LogP contribution in [0, 0.1) is 0 Å². The van der Waals surface area contributed by atoms with Gasteiger partial charge in [0, 0.05) is 29.4 Å². The molecule has 8 heteroatoms. The zero-order valence-electron chi connectivity index (χ0n) is 15.9. The summed E-state index contributed by atoms with van der Waals surface area (Å²) in [6.07, 6.45) is 2.04. The maximum Gasteiger partial charge on any atom is 0.408 e. The normalized spacial score (nSPS) is 11.8. The molecule has 0 bridgehead atoms. The van der Waals surface area contributed by atoms with Crippen LogP contribution in [-0.4, -0.2) is 35.3 Å². The lowest BCUT2D eigenvalue weighted by atomic mass is 10.1. The third-order valence-electron chi connectivity index (χ3n) is 4.41. The summed E-state index contributed by atoms with van der Waals surface area (Å²) < 4.78 is 5.14. The summed E-state index contributed by atoms with van der Waals surface area (Å²) in [5.74, 6) is -0.230. The molecule has 3 aromatic rings. The van der Waals surface area contributed by atoms with Gasteiger partial charge in [-0.15, -0.1) is 0 Å². The summed E-state index contributed by atoms with van der Waals surface area (Å²) in [5, 5.41) is 3.68. The largest absolute Gasteiger partial charge is 0.445 e. The van der Waals surface area contributed by atoms with E-state index in [0.29, 0.717) is 6.54 Å². The first kappa shape index (κ1) is 20.8. The van der Waals surface area contributed by atoms with Gasteiger partial charge in [0.25, 0.3) is 5.91 Å². The van der Waals surface area contributed by atoms with E-state index in [2.05, 4.69) is 39.8 Å². The van der Waals surface area contributed by atoms with Gasteiger partial charge < -0.3 is 15.0 Å². The Bertz CT molecular complexity index is 945. The Hall–Kier alpha value is -2.97. The van der Waals surface area contributed by atoms with Crippen LogP contribution in [0.15, 0.2) is 60.8 Å². The average molecular weight is 413 g/mol. The van der Waals surface area contributed by atoms with Gasteiger partial charge in [-0.3, -0.25) is 10.2 Å². The Morgan fingerprint density at radius 2 is 1.83 bits per heavy atom. The molecule has 29 heavy (non-hydrogen) atoms. The van der Waals surface area contributed by atoms with Crippen LogP contribution in [-0.2, 0) is 22.6 Å². The number of ether oxygens (including phenoxy) is 1. The number of hydrogen-bond donors (Lipinski definition) is 5. The van der Waals surface area contributed by atoms with E-state index < -0.39 is 12.1 Å². The number of hydrazine groups is 1. The highest BCUT2D eigenvalue weighted by atomic mass is 32.1. The molecular weight excluding hydrogens is 388 g/mol. The van der Waals surface area contributed by atoms with Crippen LogP contribution in [0.25, 0.3) is 10.9 Å². The van der Waals surface area contributed by atoms with Gasteiger partial charge in [-0.25, -0.2) is 10.2 Å². The summed E-state index contributed by atoms with van der Waals surface area (Å²) >= 11 is 4.14. The van der Waals surface area contributed by atoms with Crippen LogP contribution in [0.4, 0.5) is 4.79 Å². The third-order valence-corrected chi connectivity index (χ3v) is 4.77. The predicted molar refractivity (Wildman–Crippen MR) is 116 cm³/mol. The highest BCUT2D eigenvalue weighted by Crippen LogP contribution is 2.17. The van der Waals surface area contributed by atoms with Gasteiger partial charge in [0.15, 0.2) is 0 Å². The number of alkyl carbamates (subject to hydrolysis) is 1. The number of benzene rings is 2. The Balaban J connectivity index is 1.39. The molecule has 0 aliphatic heterocycles. The van der Waals surface area contributed by atoms with Crippen molar-refractivity contribution >= 4 is 35.5 Å². The second kappa shape index (κ2) is 10.5. The van der Waals surface area contributed by atoms with Gasteiger partial charge in [-0.1, -0.05) is 48.5 Å². The SMILES string of the molecule is O=C(N[C@@H](CS)C(=O)NNCCc1c[nH]c2ccccc12)OCc1ccccc1. The van der Waals surface area contributed by atoms with E-state index in [1.54, 1.807) is 0 Å². The van der Waals surface area contributed by atoms with Gasteiger partial charge in [0.05, 0.1) is 0 Å². The highest BCUT2D eigenvalue weighted by molar-refractivity contribution is 7.80. The zero-order valence-corrected chi connectivity index (χ0v) is 16.7. The van der Waals surface area contributed by atoms with Crippen LogP contribution in [0.2, 0.25) is 0 Å². The first-order valence-corrected chi connectivity index (χ1v) is 9.96. The summed E-state index contributed by atoms with van der Waals surface area (Å²) in [6.45, 7) is 0.682. The van der Waals surface area contributed by atoms with Gasteiger partial charge in [-0.2, -0.15) is 12.6 Å². The Labute approximate surface area is 174 Å². The predicted octanol–water partition coefficient (Wildman–Crippen LogP) is 2.56. The lowest BCUT2D eigenvalue weighted by Gasteiger charge is -2.16. The molecule has 7 nitrogen and oxygen atoms in total. The van der Waals surface area contributed by atoms with Crippen molar-refractivity contribution in [1.82, 2.24) is 21.2 Å². The van der Waals surface area contributed by atoms with E-state index in [0.717, 1.165) is 28.5 Å². The van der Waals surface area contributed by atoms with Crippen LogP contribution in [0.1, 0.15) is 11.1 Å². The molecule has 0 aliphatic rings.